The first kappa shape index (κ1) is 14.8. The number of carbonyl (C=O) groups excluding carboxylic acids is 2. The van der Waals surface area contributed by atoms with Gasteiger partial charge in [-0.15, -0.1) is 0 Å². The van der Waals surface area contributed by atoms with E-state index in [4.69, 9.17) is 9.94 Å². The van der Waals surface area contributed by atoms with Gasteiger partial charge in [-0.1, -0.05) is 18.9 Å². The topological polar surface area (TPSA) is 78.9 Å². The fraction of sp³-hybridized carbons (Fsp3) is 0.500. The van der Waals surface area contributed by atoms with Crippen molar-refractivity contribution < 1.29 is 19.5 Å². The van der Waals surface area contributed by atoms with Gasteiger partial charge in [0.2, 0.25) is 5.91 Å². The summed E-state index contributed by atoms with van der Waals surface area (Å²) in [5.74, 6) is 0.393. The minimum atomic E-state index is -0.575. The summed E-state index contributed by atoms with van der Waals surface area (Å²) < 4.78 is 5.67. The lowest BCUT2D eigenvalue weighted by atomic mass is 10.1. The Morgan fingerprint density at radius 2 is 2.05 bits per heavy atom. The Bertz CT molecular complexity index is 582. The molecule has 1 heterocycles. The van der Waals surface area contributed by atoms with E-state index < -0.39 is 5.91 Å². The Balaban J connectivity index is 1.78. The van der Waals surface area contributed by atoms with E-state index in [0.717, 1.165) is 31.2 Å². The smallest absolute Gasteiger partial charge is 0.274 e. The van der Waals surface area contributed by atoms with Gasteiger partial charge in [0.05, 0.1) is 6.54 Å². The zero-order valence-corrected chi connectivity index (χ0v) is 12.4. The van der Waals surface area contributed by atoms with Crippen LogP contribution in [0.3, 0.4) is 0 Å². The number of ether oxygens (including phenoxy) is 1. The summed E-state index contributed by atoms with van der Waals surface area (Å²) in [6.45, 7) is 1.48. The van der Waals surface area contributed by atoms with E-state index in [9.17, 15) is 9.59 Å². The molecule has 1 aliphatic heterocycles. The molecule has 0 aromatic heterocycles. The van der Waals surface area contributed by atoms with E-state index in [-0.39, 0.29) is 11.8 Å². The number of hydroxylamine groups is 1. The summed E-state index contributed by atoms with van der Waals surface area (Å²) in [5, 5.41) is 8.69. The molecule has 1 aromatic carbocycles. The van der Waals surface area contributed by atoms with Crippen molar-refractivity contribution in [2.75, 3.05) is 13.2 Å². The molecular weight excluding hydrogens is 284 g/mol. The maximum Gasteiger partial charge on any atom is 0.274 e. The number of nitrogens with one attached hydrogen (secondary N) is 1. The third kappa shape index (κ3) is 2.92. The van der Waals surface area contributed by atoms with Gasteiger partial charge in [-0.3, -0.25) is 14.8 Å². The molecule has 1 aliphatic carbocycles. The number of rotatable bonds is 2. The van der Waals surface area contributed by atoms with Crippen molar-refractivity contribution in [1.82, 2.24) is 10.4 Å². The first-order chi connectivity index (χ1) is 10.7. The minimum Gasteiger partial charge on any atom is -0.491 e. The monoisotopic (exact) mass is 304 g/mol. The largest absolute Gasteiger partial charge is 0.491 e. The second-order valence-electron chi connectivity index (χ2n) is 5.85. The van der Waals surface area contributed by atoms with Crippen molar-refractivity contribution in [3.63, 3.8) is 0 Å². The zero-order valence-electron chi connectivity index (χ0n) is 12.4. The molecule has 0 radical (unpaired) electrons. The van der Waals surface area contributed by atoms with Gasteiger partial charge >= 0.3 is 0 Å². The molecule has 0 bridgehead atoms. The van der Waals surface area contributed by atoms with Crippen molar-refractivity contribution in [3.8, 4) is 5.75 Å². The van der Waals surface area contributed by atoms with Crippen LogP contribution in [0.4, 0.5) is 0 Å². The van der Waals surface area contributed by atoms with Crippen LogP contribution >= 0.6 is 0 Å². The molecule has 2 amide bonds. The van der Waals surface area contributed by atoms with Crippen LogP contribution in [0.1, 0.15) is 41.6 Å². The lowest BCUT2D eigenvalue weighted by Gasteiger charge is -2.23. The van der Waals surface area contributed by atoms with Crippen LogP contribution in [0.15, 0.2) is 18.2 Å². The van der Waals surface area contributed by atoms with Gasteiger partial charge in [0.15, 0.2) is 0 Å². The number of fused-ring (bicyclic) bond motifs is 1. The summed E-state index contributed by atoms with van der Waals surface area (Å²) in [6, 6.07) is 5.00. The van der Waals surface area contributed by atoms with Crippen molar-refractivity contribution in [2.45, 2.75) is 32.2 Å². The average molecular weight is 304 g/mol. The van der Waals surface area contributed by atoms with Crippen molar-refractivity contribution in [3.05, 3.63) is 29.3 Å². The van der Waals surface area contributed by atoms with E-state index in [0.29, 0.717) is 31.0 Å². The third-order valence-electron chi connectivity index (χ3n) is 4.43. The number of hydrogen-bond donors (Lipinski definition) is 2. The Morgan fingerprint density at radius 1 is 1.27 bits per heavy atom. The molecular formula is C16H20N2O4. The molecule has 118 valence electrons. The number of benzene rings is 1. The summed E-state index contributed by atoms with van der Waals surface area (Å²) in [4.78, 5) is 25.9. The van der Waals surface area contributed by atoms with Crippen LogP contribution in [0.5, 0.6) is 5.75 Å². The lowest BCUT2D eigenvalue weighted by molar-refractivity contribution is -0.136. The minimum absolute atomic E-state index is 0.154. The Morgan fingerprint density at radius 3 is 2.77 bits per heavy atom. The summed E-state index contributed by atoms with van der Waals surface area (Å²) in [5.41, 5.74) is 2.83. The highest BCUT2D eigenvalue weighted by molar-refractivity contribution is 5.93. The Hall–Kier alpha value is -2.08. The first-order valence-corrected chi connectivity index (χ1v) is 7.68. The Kier molecular flexibility index (Phi) is 4.29. The fourth-order valence-electron chi connectivity index (χ4n) is 3.19. The van der Waals surface area contributed by atoms with Crippen LogP contribution in [0.2, 0.25) is 0 Å². The molecule has 3 rings (SSSR count). The van der Waals surface area contributed by atoms with Gasteiger partial charge < -0.3 is 9.64 Å². The van der Waals surface area contributed by atoms with Gasteiger partial charge in [-0.25, -0.2) is 5.48 Å². The quantitative estimate of drug-likeness (QED) is 0.644. The van der Waals surface area contributed by atoms with E-state index >= 15 is 0 Å². The third-order valence-corrected chi connectivity index (χ3v) is 4.43. The first-order valence-electron chi connectivity index (χ1n) is 7.68. The molecule has 2 N–H and O–H groups in total. The van der Waals surface area contributed by atoms with Gasteiger partial charge in [0.25, 0.3) is 5.91 Å². The van der Waals surface area contributed by atoms with Crippen LogP contribution in [0.25, 0.3) is 0 Å². The fourth-order valence-corrected chi connectivity index (χ4v) is 3.19. The molecule has 1 fully saturated rings. The molecule has 0 saturated heterocycles. The summed E-state index contributed by atoms with van der Waals surface area (Å²) in [7, 11) is 0. The number of hydrogen-bond acceptors (Lipinski definition) is 4. The van der Waals surface area contributed by atoms with Crippen molar-refractivity contribution in [2.24, 2.45) is 5.92 Å². The van der Waals surface area contributed by atoms with E-state index in [2.05, 4.69) is 0 Å². The van der Waals surface area contributed by atoms with Crippen molar-refractivity contribution >= 4 is 11.8 Å². The van der Waals surface area contributed by atoms with Gasteiger partial charge in [0, 0.05) is 23.6 Å². The second kappa shape index (κ2) is 6.36. The molecule has 6 heteroatoms. The standard InChI is InChI=1S/C16H20N2O4/c19-15(17-21)12-5-6-13-10-18(7-8-22-14(13)9-12)16(20)11-3-1-2-4-11/h5-6,9,11,21H,1-4,7-8,10H2,(H,17,19). The molecule has 0 atom stereocenters. The number of amides is 2. The summed E-state index contributed by atoms with van der Waals surface area (Å²) >= 11 is 0. The highest BCUT2D eigenvalue weighted by atomic mass is 16.5. The molecule has 0 unspecified atom stereocenters. The molecule has 22 heavy (non-hydrogen) atoms. The van der Waals surface area contributed by atoms with Crippen LogP contribution < -0.4 is 10.2 Å². The van der Waals surface area contributed by atoms with Crippen LogP contribution in [-0.4, -0.2) is 35.1 Å². The SMILES string of the molecule is O=C(NO)c1ccc2c(c1)OCCN(C(=O)C1CCCC1)C2. The predicted molar refractivity (Wildman–Crippen MR) is 78.6 cm³/mol. The number of carbonyl (C=O) groups is 2. The Labute approximate surface area is 129 Å². The lowest BCUT2D eigenvalue weighted by Crippen LogP contribution is -2.36. The van der Waals surface area contributed by atoms with E-state index in [1.54, 1.807) is 23.7 Å². The molecule has 1 aromatic rings. The normalized spacial score (nSPS) is 18.3. The van der Waals surface area contributed by atoms with Crippen molar-refractivity contribution in [1.29, 1.82) is 0 Å². The van der Waals surface area contributed by atoms with Crippen LogP contribution in [0, 0.1) is 5.92 Å². The highest BCUT2D eigenvalue weighted by Crippen LogP contribution is 2.29. The van der Waals surface area contributed by atoms with Gasteiger partial charge in [-0.2, -0.15) is 0 Å². The average Bonchev–Trinajstić information content (AvgIpc) is 2.99. The second-order valence-corrected chi connectivity index (χ2v) is 5.85. The van der Waals surface area contributed by atoms with Gasteiger partial charge in [0.1, 0.15) is 12.4 Å². The van der Waals surface area contributed by atoms with Crippen LogP contribution in [-0.2, 0) is 11.3 Å². The molecule has 1 saturated carbocycles. The highest BCUT2D eigenvalue weighted by Gasteiger charge is 2.29. The molecule has 0 spiro atoms. The zero-order chi connectivity index (χ0) is 15.5. The van der Waals surface area contributed by atoms with E-state index in [1.807, 2.05) is 4.90 Å². The van der Waals surface area contributed by atoms with Gasteiger partial charge in [-0.05, 0) is 25.0 Å². The van der Waals surface area contributed by atoms with E-state index in [1.165, 1.54) is 0 Å². The maximum atomic E-state index is 12.6. The number of nitrogens with zero attached hydrogens (tertiary/aromatic N) is 1. The summed E-state index contributed by atoms with van der Waals surface area (Å²) in [6.07, 6.45) is 4.24. The molecule has 2 aliphatic rings. The molecule has 6 nitrogen and oxygen atoms in total. The predicted octanol–water partition coefficient (Wildman–Crippen LogP) is 1.72. The maximum absolute atomic E-state index is 12.6.